The molecule has 0 radical (unpaired) electrons. The molecule has 0 saturated heterocycles. The fourth-order valence-electron chi connectivity index (χ4n) is 1.78. The number of carbonyl (C=O) groups is 2. The second kappa shape index (κ2) is 8.13. The predicted octanol–water partition coefficient (Wildman–Crippen LogP) is 1.95. The van der Waals surface area contributed by atoms with Gasteiger partial charge in [-0.3, -0.25) is 4.79 Å². The van der Waals surface area contributed by atoms with Crippen LogP contribution in [0.15, 0.2) is 30.3 Å². The van der Waals surface area contributed by atoms with Crippen molar-refractivity contribution in [3.05, 3.63) is 35.9 Å². The van der Waals surface area contributed by atoms with E-state index in [1.54, 1.807) is 0 Å². The van der Waals surface area contributed by atoms with E-state index in [1.165, 1.54) is 5.56 Å². The Morgan fingerprint density at radius 3 is 2.47 bits per heavy atom. The molecule has 1 unspecified atom stereocenters. The highest BCUT2D eigenvalue weighted by molar-refractivity contribution is 5.75. The second-order valence-electron chi connectivity index (χ2n) is 4.30. The summed E-state index contributed by atoms with van der Waals surface area (Å²) in [5.41, 5.74) is 1.19. The molecule has 0 heterocycles. The first-order chi connectivity index (χ1) is 9.13. The third-order valence-corrected chi connectivity index (χ3v) is 2.90. The lowest BCUT2D eigenvalue weighted by Crippen LogP contribution is -2.38. The molecule has 0 aliphatic rings. The molecule has 19 heavy (non-hydrogen) atoms. The average molecular weight is 264 g/mol. The van der Waals surface area contributed by atoms with Crippen LogP contribution in [0.1, 0.15) is 31.2 Å². The third-order valence-electron chi connectivity index (χ3n) is 2.90. The first-order valence-corrected chi connectivity index (χ1v) is 6.42. The Morgan fingerprint density at radius 1 is 1.21 bits per heavy atom. The van der Waals surface area contributed by atoms with Crippen molar-refractivity contribution >= 4 is 12.0 Å². The minimum atomic E-state index is -0.920. The monoisotopic (exact) mass is 264 g/mol. The van der Waals surface area contributed by atoms with Crippen molar-refractivity contribution in [1.82, 2.24) is 10.6 Å². The zero-order chi connectivity index (χ0) is 14.1. The fourth-order valence-corrected chi connectivity index (χ4v) is 1.78. The molecule has 0 saturated carbocycles. The Labute approximate surface area is 113 Å². The van der Waals surface area contributed by atoms with E-state index in [2.05, 4.69) is 17.6 Å². The van der Waals surface area contributed by atoms with E-state index in [4.69, 9.17) is 5.11 Å². The Morgan fingerprint density at radius 2 is 1.89 bits per heavy atom. The highest BCUT2D eigenvalue weighted by Crippen LogP contribution is 2.17. The molecule has 5 nitrogen and oxygen atoms in total. The van der Waals surface area contributed by atoms with Crippen LogP contribution in [0.25, 0.3) is 0 Å². The Balaban J connectivity index is 2.33. The van der Waals surface area contributed by atoms with E-state index in [0.29, 0.717) is 6.54 Å². The normalized spacial score (nSPS) is 11.6. The van der Waals surface area contributed by atoms with Gasteiger partial charge in [0, 0.05) is 19.0 Å². The van der Waals surface area contributed by atoms with Crippen LogP contribution in [0.3, 0.4) is 0 Å². The van der Waals surface area contributed by atoms with Gasteiger partial charge in [0.2, 0.25) is 0 Å². The van der Waals surface area contributed by atoms with Gasteiger partial charge in [0.05, 0.1) is 6.42 Å². The number of benzene rings is 1. The van der Waals surface area contributed by atoms with E-state index in [-0.39, 0.29) is 24.9 Å². The SMILES string of the molecule is CCC(CNC(=O)NCCC(=O)O)c1ccccc1. The van der Waals surface area contributed by atoms with Crippen molar-refractivity contribution in [2.75, 3.05) is 13.1 Å². The Kier molecular flexibility index (Phi) is 6.43. The van der Waals surface area contributed by atoms with Crippen LogP contribution < -0.4 is 10.6 Å². The summed E-state index contributed by atoms with van der Waals surface area (Å²) in [5, 5.41) is 13.7. The molecule has 3 N–H and O–H groups in total. The quantitative estimate of drug-likeness (QED) is 0.704. The predicted molar refractivity (Wildman–Crippen MR) is 73.1 cm³/mol. The number of hydrogen-bond acceptors (Lipinski definition) is 2. The second-order valence-corrected chi connectivity index (χ2v) is 4.30. The summed E-state index contributed by atoms with van der Waals surface area (Å²) < 4.78 is 0. The largest absolute Gasteiger partial charge is 0.481 e. The van der Waals surface area contributed by atoms with Crippen LogP contribution in [0.2, 0.25) is 0 Å². The highest BCUT2D eigenvalue weighted by Gasteiger charge is 2.10. The first kappa shape index (κ1) is 15.0. The van der Waals surface area contributed by atoms with Gasteiger partial charge < -0.3 is 15.7 Å². The van der Waals surface area contributed by atoms with E-state index in [0.717, 1.165) is 6.42 Å². The van der Waals surface area contributed by atoms with Gasteiger partial charge >= 0.3 is 12.0 Å². The summed E-state index contributed by atoms with van der Waals surface area (Å²) in [4.78, 5) is 21.8. The van der Waals surface area contributed by atoms with Crippen molar-refractivity contribution in [2.45, 2.75) is 25.7 Å². The molecular formula is C14H20N2O3. The van der Waals surface area contributed by atoms with Gasteiger partial charge in [-0.25, -0.2) is 4.79 Å². The number of aliphatic carboxylic acids is 1. The third kappa shape index (κ3) is 5.90. The molecule has 0 bridgehead atoms. The van der Waals surface area contributed by atoms with Gasteiger partial charge in [0.25, 0.3) is 0 Å². The Hall–Kier alpha value is -2.04. The summed E-state index contributed by atoms with van der Waals surface area (Å²) >= 11 is 0. The standard InChI is InChI=1S/C14H20N2O3/c1-2-11(12-6-4-3-5-7-12)10-16-14(19)15-9-8-13(17)18/h3-7,11H,2,8-10H2,1H3,(H,17,18)(H2,15,16,19). The maximum Gasteiger partial charge on any atom is 0.314 e. The summed E-state index contributed by atoms with van der Waals surface area (Å²) in [6.45, 7) is 2.75. The van der Waals surface area contributed by atoms with Crippen molar-refractivity contribution < 1.29 is 14.7 Å². The number of amides is 2. The molecular weight excluding hydrogens is 244 g/mol. The molecule has 1 aromatic carbocycles. The van der Waals surface area contributed by atoms with Crippen molar-refractivity contribution in [3.8, 4) is 0 Å². The zero-order valence-electron chi connectivity index (χ0n) is 11.1. The summed E-state index contributed by atoms with van der Waals surface area (Å²) in [5.74, 6) is -0.651. The van der Waals surface area contributed by atoms with Gasteiger partial charge in [-0.15, -0.1) is 0 Å². The number of carbonyl (C=O) groups excluding carboxylic acids is 1. The van der Waals surface area contributed by atoms with Crippen LogP contribution in [0.4, 0.5) is 4.79 Å². The fraction of sp³-hybridized carbons (Fsp3) is 0.429. The molecule has 0 aromatic heterocycles. The lowest BCUT2D eigenvalue weighted by Gasteiger charge is -2.16. The summed E-state index contributed by atoms with van der Waals surface area (Å²) in [6, 6.07) is 9.67. The van der Waals surface area contributed by atoms with Crippen LogP contribution in [-0.2, 0) is 4.79 Å². The molecule has 0 fully saturated rings. The maximum absolute atomic E-state index is 11.5. The Bertz CT molecular complexity index is 406. The summed E-state index contributed by atoms with van der Waals surface area (Å²) in [7, 11) is 0. The number of hydrogen-bond donors (Lipinski definition) is 3. The first-order valence-electron chi connectivity index (χ1n) is 6.42. The minimum absolute atomic E-state index is 0.0662. The lowest BCUT2D eigenvalue weighted by atomic mass is 9.97. The van der Waals surface area contributed by atoms with Gasteiger partial charge in [0.15, 0.2) is 0 Å². The molecule has 1 atom stereocenters. The topological polar surface area (TPSA) is 78.4 Å². The number of urea groups is 1. The molecule has 0 spiro atoms. The molecule has 1 rings (SSSR count). The average Bonchev–Trinajstić information content (AvgIpc) is 2.40. The van der Waals surface area contributed by atoms with Crippen LogP contribution in [0.5, 0.6) is 0 Å². The van der Waals surface area contributed by atoms with Gasteiger partial charge in [-0.2, -0.15) is 0 Å². The number of nitrogens with one attached hydrogen (secondary N) is 2. The molecule has 104 valence electrons. The lowest BCUT2D eigenvalue weighted by molar-refractivity contribution is -0.136. The molecule has 0 aliphatic heterocycles. The van der Waals surface area contributed by atoms with E-state index >= 15 is 0 Å². The van der Waals surface area contributed by atoms with Crippen LogP contribution in [-0.4, -0.2) is 30.2 Å². The number of rotatable bonds is 7. The molecule has 1 aromatic rings. The highest BCUT2D eigenvalue weighted by atomic mass is 16.4. The van der Waals surface area contributed by atoms with Crippen molar-refractivity contribution in [1.29, 1.82) is 0 Å². The zero-order valence-corrected chi connectivity index (χ0v) is 11.1. The van der Waals surface area contributed by atoms with Crippen LogP contribution in [0, 0.1) is 0 Å². The van der Waals surface area contributed by atoms with Gasteiger partial charge in [0.1, 0.15) is 0 Å². The number of carboxylic acids is 1. The molecule has 5 heteroatoms. The summed E-state index contributed by atoms with van der Waals surface area (Å²) in [6.07, 6.45) is 0.864. The minimum Gasteiger partial charge on any atom is -0.481 e. The van der Waals surface area contributed by atoms with Crippen molar-refractivity contribution in [2.24, 2.45) is 0 Å². The van der Waals surface area contributed by atoms with Crippen molar-refractivity contribution in [3.63, 3.8) is 0 Å². The molecule has 2 amide bonds. The van der Waals surface area contributed by atoms with Crippen LogP contribution >= 0.6 is 0 Å². The van der Waals surface area contributed by atoms with E-state index in [1.807, 2.05) is 30.3 Å². The molecule has 0 aliphatic carbocycles. The van der Waals surface area contributed by atoms with E-state index < -0.39 is 5.97 Å². The number of carboxylic acid groups (broad SMARTS) is 1. The van der Waals surface area contributed by atoms with E-state index in [9.17, 15) is 9.59 Å². The smallest absolute Gasteiger partial charge is 0.314 e. The maximum atomic E-state index is 11.5. The van der Waals surface area contributed by atoms with Gasteiger partial charge in [-0.05, 0) is 12.0 Å². The van der Waals surface area contributed by atoms with Gasteiger partial charge in [-0.1, -0.05) is 37.3 Å².